The lowest BCUT2D eigenvalue weighted by atomic mass is 10.0. The van der Waals surface area contributed by atoms with Gasteiger partial charge in [0.15, 0.2) is 8.32 Å². The van der Waals surface area contributed by atoms with Gasteiger partial charge in [0.25, 0.3) is 0 Å². The summed E-state index contributed by atoms with van der Waals surface area (Å²) in [5.41, 5.74) is 0.904. The van der Waals surface area contributed by atoms with Gasteiger partial charge in [0.1, 0.15) is 18.0 Å². The van der Waals surface area contributed by atoms with E-state index in [0.29, 0.717) is 0 Å². The van der Waals surface area contributed by atoms with Crippen LogP contribution in [0.2, 0.25) is 19.6 Å². The largest absolute Gasteiger partial charge is 0.497 e. The maximum Gasteiger partial charge on any atom is 0.313 e. The van der Waals surface area contributed by atoms with Crippen molar-refractivity contribution < 1.29 is 23.5 Å². The zero-order chi connectivity index (χ0) is 16.8. The van der Waals surface area contributed by atoms with Gasteiger partial charge in [0.2, 0.25) is 0 Å². The van der Waals surface area contributed by atoms with Gasteiger partial charge in [-0.25, -0.2) is 0 Å². The van der Waals surface area contributed by atoms with Crippen LogP contribution in [-0.4, -0.2) is 34.3 Å². The predicted molar refractivity (Wildman–Crippen MR) is 86.4 cm³/mol. The van der Waals surface area contributed by atoms with Crippen molar-refractivity contribution in [1.82, 2.24) is 0 Å². The van der Waals surface area contributed by atoms with E-state index < -0.39 is 14.3 Å². The van der Waals surface area contributed by atoms with Crippen LogP contribution in [0.3, 0.4) is 0 Å². The highest BCUT2D eigenvalue weighted by molar-refractivity contribution is 6.69. The molecule has 122 valence electrons. The number of hydrogen-bond acceptors (Lipinski definition) is 5. The maximum atomic E-state index is 12.0. The van der Waals surface area contributed by atoms with Crippen LogP contribution in [0, 0.1) is 0 Å². The first kappa shape index (κ1) is 18.4. The first-order valence-corrected chi connectivity index (χ1v) is 10.6. The molecule has 1 rings (SSSR count). The van der Waals surface area contributed by atoms with Gasteiger partial charge in [-0.1, -0.05) is 12.1 Å². The molecule has 0 N–H and O–H groups in total. The van der Waals surface area contributed by atoms with Crippen molar-refractivity contribution in [1.29, 1.82) is 0 Å². The highest BCUT2D eigenvalue weighted by atomic mass is 28.4. The Balaban J connectivity index is 2.87. The van der Waals surface area contributed by atoms with Gasteiger partial charge >= 0.3 is 5.97 Å². The molecule has 0 fully saturated rings. The summed E-state index contributed by atoms with van der Waals surface area (Å²) < 4.78 is 15.8. The Morgan fingerprint density at radius 1 is 1.09 bits per heavy atom. The zero-order valence-electron chi connectivity index (χ0n) is 13.8. The monoisotopic (exact) mass is 324 g/mol. The zero-order valence-corrected chi connectivity index (χ0v) is 14.8. The number of esters is 1. The normalized spacial score (nSPS) is 12.6. The first-order valence-electron chi connectivity index (χ1n) is 7.15. The van der Waals surface area contributed by atoms with E-state index in [-0.39, 0.29) is 24.7 Å². The van der Waals surface area contributed by atoms with Gasteiger partial charge in [0.05, 0.1) is 20.3 Å². The number of methoxy groups -OCH3 is 2. The molecular weight excluding hydrogens is 300 g/mol. The van der Waals surface area contributed by atoms with Gasteiger partial charge in [-0.15, -0.1) is 0 Å². The minimum atomic E-state index is -1.84. The molecule has 0 radical (unpaired) electrons. The number of ketones is 1. The fourth-order valence-corrected chi connectivity index (χ4v) is 3.06. The van der Waals surface area contributed by atoms with Gasteiger partial charge in [-0.3, -0.25) is 9.59 Å². The Morgan fingerprint density at radius 3 is 2.14 bits per heavy atom. The molecule has 0 saturated carbocycles. The van der Waals surface area contributed by atoms with Crippen molar-refractivity contribution >= 4 is 20.1 Å². The molecule has 0 amide bonds. The standard InChI is InChI=1S/C16H24O5Si/c1-19-14-8-6-12(7-9-14)15(21-22(3,4)5)10-13(17)11-16(18)20-2/h6-9,15H,10-11H2,1-5H3/t15-/m1/s1. The van der Waals surface area contributed by atoms with Crippen molar-refractivity contribution in [3.05, 3.63) is 29.8 Å². The highest BCUT2D eigenvalue weighted by Crippen LogP contribution is 2.27. The van der Waals surface area contributed by atoms with Crippen molar-refractivity contribution in [2.24, 2.45) is 0 Å². The van der Waals surface area contributed by atoms with Crippen LogP contribution in [-0.2, 0) is 18.8 Å². The molecule has 0 bridgehead atoms. The topological polar surface area (TPSA) is 61.8 Å². The Morgan fingerprint density at radius 2 is 1.68 bits per heavy atom. The van der Waals surface area contributed by atoms with Crippen LogP contribution in [0.4, 0.5) is 0 Å². The van der Waals surface area contributed by atoms with E-state index in [0.717, 1.165) is 11.3 Å². The van der Waals surface area contributed by atoms with Gasteiger partial charge in [-0.2, -0.15) is 0 Å². The van der Waals surface area contributed by atoms with Crippen LogP contribution in [0.15, 0.2) is 24.3 Å². The van der Waals surface area contributed by atoms with E-state index in [2.05, 4.69) is 24.4 Å². The second-order valence-corrected chi connectivity index (χ2v) is 10.4. The smallest absolute Gasteiger partial charge is 0.313 e. The summed E-state index contributed by atoms with van der Waals surface area (Å²) in [6, 6.07) is 7.44. The lowest BCUT2D eigenvalue weighted by Gasteiger charge is -2.26. The molecule has 1 atom stereocenters. The number of benzene rings is 1. The number of Topliss-reactive ketones (excluding diaryl/α,β-unsaturated/α-hetero) is 1. The summed E-state index contributed by atoms with van der Waals surface area (Å²) in [5.74, 6) is 0.0359. The van der Waals surface area contributed by atoms with Gasteiger partial charge < -0.3 is 13.9 Å². The highest BCUT2D eigenvalue weighted by Gasteiger charge is 2.25. The second kappa shape index (κ2) is 8.10. The summed E-state index contributed by atoms with van der Waals surface area (Å²) in [4.78, 5) is 23.2. The van der Waals surface area contributed by atoms with Crippen LogP contribution >= 0.6 is 0 Å². The number of carbonyl (C=O) groups excluding carboxylic acids is 2. The number of hydrogen-bond donors (Lipinski definition) is 0. The van der Waals surface area contributed by atoms with E-state index in [1.165, 1.54) is 7.11 Å². The Kier molecular flexibility index (Phi) is 6.77. The van der Waals surface area contributed by atoms with Crippen molar-refractivity contribution in [2.75, 3.05) is 14.2 Å². The average Bonchev–Trinajstić information content (AvgIpc) is 2.45. The van der Waals surface area contributed by atoms with Crippen LogP contribution in [0.25, 0.3) is 0 Å². The van der Waals surface area contributed by atoms with E-state index in [9.17, 15) is 9.59 Å². The molecule has 6 heteroatoms. The molecule has 0 aliphatic carbocycles. The Hall–Kier alpha value is -1.66. The van der Waals surface area contributed by atoms with E-state index in [1.807, 2.05) is 24.3 Å². The number of carbonyl (C=O) groups is 2. The third-order valence-electron chi connectivity index (χ3n) is 2.97. The van der Waals surface area contributed by atoms with Crippen LogP contribution in [0.5, 0.6) is 5.75 Å². The summed E-state index contributed by atoms with van der Waals surface area (Å²) in [5, 5.41) is 0. The van der Waals surface area contributed by atoms with Crippen LogP contribution < -0.4 is 4.74 Å². The fourth-order valence-electron chi connectivity index (χ4n) is 1.99. The minimum absolute atomic E-state index is 0.158. The molecule has 0 spiro atoms. The Bertz CT molecular complexity index is 504. The van der Waals surface area contributed by atoms with E-state index in [4.69, 9.17) is 9.16 Å². The second-order valence-electron chi connectivity index (χ2n) is 5.99. The molecule has 5 nitrogen and oxygen atoms in total. The van der Waals surface area contributed by atoms with Crippen molar-refractivity contribution in [3.8, 4) is 5.75 Å². The van der Waals surface area contributed by atoms with E-state index in [1.54, 1.807) is 7.11 Å². The molecule has 1 aromatic rings. The summed E-state index contributed by atoms with van der Waals surface area (Å²) in [6.07, 6.45) is -0.418. The molecule has 22 heavy (non-hydrogen) atoms. The lowest BCUT2D eigenvalue weighted by Crippen LogP contribution is -2.29. The van der Waals surface area contributed by atoms with E-state index >= 15 is 0 Å². The van der Waals surface area contributed by atoms with Crippen LogP contribution in [0.1, 0.15) is 24.5 Å². The molecule has 0 saturated heterocycles. The molecule has 0 aliphatic heterocycles. The SMILES string of the molecule is COC(=O)CC(=O)C[C@@H](O[Si](C)(C)C)c1ccc(OC)cc1. The fraction of sp³-hybridized carbons (Fsp3) is 0.500. The molecule has 0 heterocycles. The van der Waals surface area contributed by atoms with Crippen molar-refractivity contribution in [2.45, 2.75) is 38.6 Å². The molecule has 1 aromatic carbocycles. The van der Waals surface area contributed by atoms with Gasteiger partial charge in [-0.05, 0) is 37.3 Å². The molecule has 0 aromatic heterocycles. The minimum Gasteiger partial charge on any atom is -0.497 e. The third kappa shape index (κ3) is 6.40. The Labute approximate surface area is 132 Å². The summed E-state index contributed by atoms with van der Waals surface area (Å²) in [7, 11) is 1.04. The summed E-state index contributed by atoms with van der Waals surface area (Å²) in [6.45, 7) is 6.19. The van der Waals surface area contributed by atoms with Crippen molar-refractivity contribution in [3.63, 3.8) is 0 Å². The third-order valence-corrected chi connectivity index (χ3v) is 3.96. The maximum absolute atomic E-state index is 12.0. The van der Waals surface area contributed by atoms with Gasteiger partial charge in [0, 0.05) is 6.42 Å². The molecular formula is C16H24O5Si. The quantitative estimate of drug-likeness (QED) is 0.418. The molecule has 0 aliphatic rings. The first-order chi connectivity index (χ1) is 10.2. The number of rotatable bonds is 8. The average molecular weight is 324 g/mol. The number of ether oxygens (including phenoxy) is 2. The lowest BCUT2D eigenvalue weighted by molar-refractivity contribution is -0.143. The predicted octanol–water partition coefficient (Wildman–Crippen LogP) is 3.11. The summed E-state index contributed by atoms with van der Waals surface area (Å²) >= 11 is 0. The molecule has 0 unspecified atom stereocenters.